The standard InChI is InChI=1S/2C8H14N4O.Dy.3NO3/c2*1-8(2,3)12(13)5-7-10-9-6-11(7)4;;3*2-1(3)4/h2*5-6H,1-4H3;;;;/q;;+3;3*-1/b2*12-5-;;;;. The Kier molecular flexibility index (Phi) is 21.8. The number of hydroxylamine groups is 2. The number of aryl methyl sites for hydroxylation is 2. The van der Waals surface area contributed by atoms with Crippen LogP contribution in [-0.4, -0.2) is 77.8 Å². The molecule has 0 N–H and O–H groups in total. The molecule has 39 heavy (non-hydrogen) atoms. The van der Waals surface area contributed by atoms with Crippen LogP contribution in [0.4, 0.5) is 0 Å². The van der Waals surface area contributed by atoms with Gasteiger partial charge in [0, 0.05) is 55.6 Å². The molecule has 1 radical (unpaired) electrons. The van der Waals surface area contributed by atoms with Crippen molar-refractivity contribution in [1.29, 1.82) is 0 Å². The van der Waals surface area contributed by atoms with Gasteiger partial charge in [-0.3, -0.25) is 0 Å². The number of aromatic nitrogens is 6. The van der Waals surface area contributed by atoms with E-state index in [2.05, 4.69) is 20.4 Å². The van der Waals surface area contributed by atoms with E-state index in [1.54, 1.807) is 35.9 Å². The van der Waals surface area contributed by atoms with Crippen molar-refractivity contribution in [3.63, 3.8) is 0 Å². The molecule has 2 rings (SSSR count). The van der Waals surface area contributed by atoms with E-state index in [0.29, 0.717) is 11.6 Å². The fourth-order valence-corrected chi connectivity index (χ4v) is 1.42. The van der Waals surface area contributed by atoms with Gasteiger partial charge in [-0.2, -0.15) is 0 Å². The molecular weight excluding hydrogens is 685 g/mol. The van der Waals surface area contributed by atoms with Gasteiger partial charge in [0.05, 0.1) is 15.3 Å². The van der Waals surface area contributed by atoms with E-state index in [4.69, 9.17) is 46.0 Å². The van der Waals surface area contributed by atoms with Gasteiger partial charge in [0.25, 0.3) is 0 Å². The van der Waals surface area contributed by atoms with Crippen LogP contribution in [0, 0.1) is 94.6 Å². The Morgan fingerprint density at radius 1 is 0.615 bits per heavy atom. The second kappa shape index (κ2) is 20.1. The average molecular weight is 713 g/mol. The van der Waals surface area contributed by atoms with Gasteiger partial charge in [0.1, 0.15) is 12.7 Å². The molecule has 0 aliphatic rings. The molecule has 0 saturated carbocycles. The smallest absolute Gasteiger partial charge is 0.623 e. The molecule has 223 valence electrons. The first-order chi connectivity index (χ1) is 17.0. The molecule has 0 aliphatic carbocycles. The van der Waals surface area contributed by atoms with Gasteiger partial charge in [0.2, 0.25) is 24.1 Å². The van der Waals surface area contributed by atoms with E-state index in [1.165, 1.54) is 12.4 Å². The van der Waals surface area contributed by atoms with Crippen molar-refractivity contribution in [2.75, 3.05) is 0 Å². The van der Waals surface area contributed by atoms with Gasteiger partial charge in [-0.05, 0) is 0 Å². The normalized spacial score (nSPS) is 10.8. The summed E-state index contributed by atoms with van der Waals surface area (Å²) < 4.78 is 5.13. The molecule has 2 aromatic heterocycles. The van der Waals surface area contributed by atoms with Crippen LogP contribution in [0.5, 0.6) is 0 Å². The van der Waals surface area contributed by atoms with E-state index in [-0.39, 0.29) is 38.2 Å². The summed E-state index contributed by atoms with van der Waals surface area (Å²) in [5.41, 5.74) is -0.877. The third-order valence-corrected chi connectivity index (χ3v) is 3.28. The van der Waals surface area contributed by atoms with Gasteiger partial charge in [0.15, 0.2) is 11.1 Å². The van der Waals surface area contributed by atoms with Gasteiger partial charge < -0.3 is 65.5 Å². The molecule has 0 saturated heterocycles. The Bertz CT molecular complexity index is 966. The second-order valence-corrected chi connectivity index (χ2v) is 8.52. The van der Waals surface area contributed by atoms with Crippen LogP contribution < -0.4 is 0 Å². The number of hydrogen-bond acceptors (Lipinski definition) is 15. The van der Waals surface area contributed by atoms with Crippen molar-refractivity contribution in [3.8, 4) is 0 Å². The third kappa shape index (κ3) is 27.0. The molecular formula is C16H28DyN11O11. The predicted octanol–water partition coefficient (Wildman–Crippen LogP) is 0.368. The van der Waals surface area contributed by atoms with Crippen LogP contribution in [0.2, 0.25) is 0 Å². The minimum atomic E-state index is -1.75. The minimum Gasteiger partial charge on any atom is -0.623 e. The SMILES string of the molecule is Cn1cnnc1/C=[N+](\[O-])C(C)(C)C.Cn1cnnc1/C=[N+](\[O-])C(C)(C)C.O=[N+]([O-])[O-].O=[N+]([O-])[O-].O=[N+]([O-])[O-].[Dy+3]. The van der Waals surface area contributed by atoms with Crippen LogP contribution >= 0.6 is 0 Å². The summed E-state index contributed by atoms with van der Waals surface area (Å²) in [5.74, 6) is 1.12. The largest absolute Gasteiger partial charge is 3.00 e. The first-order valence-electron chi connectivity index (χ1n) is 9.77. The monoisotopic (exact) mass is 714 g/mol. The fourth-order valence-electron chi connectivity index (χ4n) is 1.42. The van der Waals surface area contributed by atoms with Gasteiger partial charge in [-0.1, -0.05) is 0 Å². The molecule has 0 unspecified atom stereocenters. The quantitative estimate of drug-likeness (QED) is 0.133. The first kappa shape index (κ1) is 42.2. The molecule has 2 aromatic rings. The van der Waals surface area contributed by atoms with Crippen molar-refractivity contribution >= 4 is 12.4 Å². The Hall–Kier alpha value is -3.91. The summed E-state index contributed by atoms with van der Waals surface area (Å²) in [5, 5.41) is 82.1. The van der Waals surface area contributed by atoms with E-state index in [0.717, 1.165) is 9.48 Å². The maximum atomic E-state index is 11.5. The Labute approximate surface area is 251 Å². The molecule has 0 fully saturated rings. The average Bonchev–Trinajstić information content (AvgIpc) is 3.27. The summed E-state index contributed by atoms with van der Waals surface area (Å²) >= 11 is 0. The Balaban J connectivity index is -0.000000220. The number of rotatable bonds is 2. The maximum Gasteiger partial charge on any atom is 3.00 e. The predicted molar refractivity (Wildman–Crippen MR) is 130 cm³/mol. The molecule has 23 heteroatoms. The second-order valence-electron chi connectivity index (χ2n) is 8.52. The first-order valence-corrected chi connectivity index (χ1v) is 9.77. The van der Waals surface area contributed by atoms with E-state index in [9.17, 15) is 10.4 Å². The molecule has 0 amide bonds. The van der Waals surface area contributed by atoms with Crippen LogP contribution in [-0.2, 0) is 14.1 Å². The minimum absolute atomic E-state index is 0. The fraction of sp³-hybridized carbons (Fsp3) is 0.625. The summed E-state index contributed by atoms with van der Waals surface area (Å²) in [6, 6.07) is 0. The van der Waals surface area contributed by atoms with Crippen molar-refractivity contribution in [1.82, 2.24) is 29.5 Å². The van der Waals surface area contributed by atoms with Crippen LogP contribution in [0.3, 0.4) is 0 Å². The van der Waals surface area contributed by atoms with Crippen LogP contribution in [0.1, 0.15) is 53.2 Å². The molecule has 0 aromatic carbocycles. The zero-order valence-corrected chi connectivity index (χ0v) is 24.1. The topological polar surface area (TPSA) is 312 Å². The van der Waals surface area contributed by atoms with E-state index >= 15 is 0 Å². The molecule has 0 atom stereocenters. The van der Waals surface area contributed by atoms with Crippen LogP contribution in [0.25, 0.3) is 0 Å². The van der Waals surface area contributed by atoms with E-state index in [1.807, 2.05) is 41.5 Å². The summed E-state index contributed by atoms with van der Waals surface area (Å²) in [6.07, 6.45) is 5.99. The van der Waals surface area contributed by atoms with Gasteiger partial charge in [-0.25, -0.2) is 9.48 Å². The van der Waals surface area contributed by atoms with E-state index < -0.39 is 26.3 Å². The molecule has 0 bridgehead atoms. The zero-order valence-electron chi connectivity index (χ0n) is 22.0. The Morgan fingerprint density at radius 2 is 0.821 bits per heavy atom. The number of hydrogen-bond donors (Lipinski definition) is 0. The summed E-state index contributed by atoms with van der Waals surface area (Å²) in [4.78, 5) is 24.8. The van der Waals surface area contributed by atoms with Gasteiger partial charge >= 0.3 is 38.2 Å². The molecule has 0 aliphatic heterocycles. The summed E-state index contributed by atoms with van der Waals surface area (Å²) in [7, 11) is 3.59. The molecule has 2 heterocycles. The zero-order chi connectivity index (χ0) is 30.9. The van der Waals surface area contributed by atoms with Crippen LogP contribution in [0.15, 0.2) is 12.7 Å². The van der Waals surface area contributed by atoms with Crippen molar-refractivity contribution in [2.45, 2.75) is 52.6 Å². The third-order valence-electron chi connectivity index (χ3n) is 3.28. The Morgan fingerprint density at radius 3 is 0.949 bits per heavy atom. The maximum absolute atomic E-state index is 11.5. The molecule has 22 nitrogen and oxygen atoms in total. The van der Waals surface area contributed by atoms with Crippen molar-refractivity contribution < 1.29 is 62.9 Å². The van der Waals surface area contributed by atoms with Crippen molar-refractivity contribution in [2.24, 2.45) is 14.1 Å². The summed E-state index contributed by atoms with van der Waals surface area (Å²) in [6.45, 7) is 11.0. The molecule has 0 spiro atoms. The van der Waals surface area contributed by atoms with Crippen molar-refractivity contribution in [3.05, 3.63) is 80.7 Å². The number of nitrogens with zero attached hydrogens (tertiary/aromatic N) is 11. The van der Waals surface area contributed by atoms with Gasteiger partial charge in [-0.15, -0.1) is 20.4 Å².